The number of amides is 1. The third-order valence-electron chi connectivity index (χ3n) is 4.52. The highest BCUT2D eigenvalue weighted by molar-refractivity contribution is 5.78. The van der Waals surface area contributed by atoms with Crippen LogP contribution >= 0.6 is 0 Å². The van der Waals surface area contributed by atoms with E-state index < -0.39 is 0 Å². The highest BCUT2D eigenvalue weighted by atomic mass is 16.5. The zero-order chi connectivity index (χ0) is 17.9. The molecule has 1 atom stereocenters. The molecule has 5 heteroatoms. The molecule has 0 radical (unpaired) electrons. The first-order chi connectivity index (χ1) is 11.3. The Morgan fingerprint density at radius 2 is 2.08 bits per heavy atom. The molecule has 0 aliphatic heterocycles. The number of hydrogen-bond donors (Lipinski definition) is 0. The Morgan fingerprint density at radius 3 is 2.67 bits per heavy atom. The summed E-state index contributed by atoms with van der Waals surface area (Å²) in [7, 11) is 5.43. The van der Waals surface area contributed by atoms with E-state index in [0.717, 1.165) is 22.7 Å². The number of ether oxygens (including phenoxy) is 1. The summed E-state index contributed by atoms with van der Waals surface area (Å²) in [4.78, 5) is 14.5. The summed E-state index contributed by atoms with van der Waals surface area (Å²) in [6.07, 6.45) is 0.715. The van der Waals surface area contributed by atoms with E-state index in [1.54, 1.807) is 12.0 Å². The minimum Gasteiger partial charge on any atom is -0.497 e. The zero-order valence-electron chi connectivity index (χ0n) is 15.5. The fraction of sp³-hybridized carbons (Fsp3) is 0.474. The number of rotatable bonds is 6. The van der Waals surface area contributed by atoms with Crippen molar-refractivity contribution in [3.8, 4) is 5.75 Å². The van der Waals surface area contributed by atoms with Crippen LogP contribution in [0.15, 0.2) is 24.3 Å². The molecule has 1 amide bonds. The molecule has 0 aliphatic carbocycles. The molecule has 1 unspecified atom stereocenters. The maximum Gasteiger partial charge on any atom is 0.225 e. The maximum atomic E-state index is 12.7. The lowest BCUT2D eigenvalue weighted by atomic mass is 9.98. The summed E-state index contributed by atoms with van der Waals surface area (Å²) < 4.78 is 7.12. The number of methoxy groups -OCH3 is 1. The van der Waals surface area contributed by atoms with Crippen LogP contribution in [-0.4, -0.2) is 34.7 Å². The van der Waals surface area contributed by atoms with Crippen molar-refractivity contribution in [2.45, 2.75) is 33.7 Å². The van der Waals surface area contributed by atoms with Crippen molar-refractivity contribution >= 4 is 5.91 Å². The highest BCUT2D eigenvalue weighted by Crippen LogP contribution is 2.19. The molecule has 130 valence electrons. The van der Waals surface area contributed by atoms with E-state index >= 15 is 0 Å². The predicted octanol–water partition coefficient (Wildman–Crippen LogP) is 2.88. The molecule has 2 aromatic rings. The molecule has 0 N–H and O–H groups in total. The molecule has 24 heavy (non-hydrogen) atoms. The van der Waals surface area contributed by atoms with Crippen molar-refractivity contribution < 1.29 is 9.53 Å². The van der Waals surface area contributed by atoms with Crippen LogP contribution in [-0.2, 0) is 24.8 Å². The molecule has 0 spiro atoms. The van der Waals surface area contributed by atoms with Gasteiger partial charge < -0.3 is 9.64 Å². The summed E-state index contributed by atoms with van der Waals surface area (Å²) >= 11 is 0. The van der Waals surface area contributed by atoms with Crippen molar-refractivity contribution in [2.24, 2.45) is 13.0 Å². The highest BCUT2D eigenvalue weighted by Gasteiger charge is 2.21. The van der Waals surface area contributed by atoms with Gasteiger partial charge in [0.15, 0.2) is 0 Å². The fourth-order valence-corrected chi connectivity index (χ4v) is 3.01. The average Bonchev–Trinajstić information content (AvgIpc) is 2.80. The Morgan fingerprint density at radius 1 is 1.38 bits per heavy atom. The van der Waals surface area contributed by atoms with Gasteiger partial charge in [-0.25, -0.2) is 0 Å². The van der Waals surface area contributed by atoms with Gasteiger partial charge >= 0.3 is 0 Å². The molecule has 1 heterocycles. The van der Waals surface area contributed by atoms with E-state index in [0.29, 0.717) is 13.0 Å². The Kier molecular flexibility index (Phi) is 5.65. The van der Waals surface area contributed by atoms with E-state index in [9.17, 15) is 4.79 Å². The van der Waals surface area contributed by atoms with Crippen LogP contribution in [0.2, 0.25) is 0 Å². The summed E-state index contributed by atoms with van der Waals surface area (Å²) in [5.41, 5.74) is 4.37. The quantitative estimate of drug-likeness (QED) is 0.819. The molecule has 5 nitrogen and oxygen atoms in total. The summed E-state index contributed by atoms with van der Waals surface area (Å²) in [5, 5.41) is 4.43. The number of benzene rings is 1. The van der Waals surface area contributed by atoms with E-state index in [-0.39, 0.29) is 11.8 Å². The second-order valence-electron chi connectivity index (χ2n) is 6.42. The Bertz CT molecular complexity index is 721. The Labute approximate surface area is 144 Å². The molecular weight excluding hydrogens is 302 g/mol. The number of aryl methyl sites for hydroxylation is 2. The standard InChI is InChI=1S/C19H27N3O2/c1-13(10-18-14(2)20-22(5)15(18)3)19(23)21(4)12-16-8-7-9-17(11-16)24-6/h7-9,11,13H,10,12H2,1-6H3. The number of carbonyl (C=O) groups excluding carboxylic acids is 1. The Hall–Kier alpha value is -2.30. The maximum absolute atomic E-state index is 12.7. The lowest BCUT2D eigenvalue weighted by Crippen LogP contribution is -2.32. The summed E-state index contributed by atoms with van der Waals surface area (Å²) in [6, 6.07) is 7.82. The molecule has 0 saturated heterocycles. The van der Waals surface area contributed by atoms with Crippen LogP contribution in [0.5, 0.6) is 5.75 Å². The van der Waals surface area contributed by atoms with Crippen molar-refractivity contribution in [3.05, 3.63) is 46.8 Å². The van der Waals surface area contributed by atoms with Gasteiger partial charge in [0.1, 0.15) is 5.75 Å². The van der Waals surface area contributed by atoms with Crippen molar-refractivity contribution in [1.29, 1.82) is 0 Å². The van der Waals surface area contributed by atoms with E-state index in [1.165, 1.54) is 5.56 Å². The SMILES string of the molecule is COc1cccc(CN(C)C(=O)C(C)Cc2c(C)nn(C)c2C)c1. The largest absolute Gasteiger partial charge is 0.497 e. The topological polar surface area (TPSA) is 47.4 Å². The predicted molar refractivity (Wildman–Crippen MR) is 95.0 cm³/mol. The van der Waals surface area contributed by atoms with Crippen molar-refractivity contribution in [2.75, 3.05) is 14.2 Å². The first-order valence-corrected chi connectivity index (χ1v) is 8.20. The summed E-state index contributed by atoms with van der Waals surface area (Å²) in [5.74, 6) is 0.866. The molecule has 1 aromatic heterocycles. The van der Waals surface area contributed by atoms with Crippen LogP contribution < -0.4 is 4.74 Å². The van der Waals surface area contributed by atoms with Gasteiger partial charge in [-0.3, -0.25) is 9.48 Å². The van der Waals surface area contributed by atoms with Crippen molar-refractivity contribution in [3.63, 3.8) is 0 Å². The second kappa shape index (κ2) is 7.51. The monoisotopic (exact) mass is 329 g/mol. The van der Waals surface area contributed by atoms with Crippen LogP contribution in [0.3, 0.4) is 0 Å². The molecule has 0 aliphatic rings. The van der Waals surface area contributed by atoms with E-state index in [4.69, 9.17) is 4.74 Å². The number of nitrogens with zero attached hydrogens (tertiary/aromatic N) is 3. The van der Waals surface area contributed by atoms with Gasteiger partial charge in [0.25, 0.3) is 0 Å². The van der Waals surface area contributed by atoms with E-state index in [1.807, 2.05) is 63.8 Å². The van der Waals surface area contributed by atoms with Gasteiger partial charge in [0.05, 0.1) is 12.8 Å². The number of aromatic nitrogens is 2. The normalized spacial score (nSPS) is 12.1. The Balaban J connectivity index is 2.04. The average molecular weight is 329 g/mol. The fourth-order valence-electron chi connectivity index (χ4n) is 3.01. The van der Waals surface area contributed by atoms with Crippen LogP contribution in [0.25, 0.3) is 0 Å². The van der Waals surface area contributed by atoms with Gasteiger partial charge in [-0.2, -0.15) is 5.10 Å². The van der Waals surface area contributed by atoms with Gasteiger partial charge in [-0.1, -0.05) is 19.1 Å². The zero-order valence-corrected chi connectivity index (χ0v) is 15.5. The van der Waals surface area contributed by atoms with Gasteiger partial charge in [0, 0.05) is 32.3 Å². The molecule has 0 bridgehead atoms. The van der Waals surface area contributed by atoms with E-state index in [2.05, 4.69) is 5.10 Å². The number of carbonyl (C=O) groups is 1. The van der Waals surface area contributed by atoms with Crippen LogP contribution in [0.1, 0.15) is 29.4 Å². The molecule has 2 rings (SSSR count). The van der Waals surface area contributed by atoms with Crippen LogP contribution in [0, 0.1) is 19.8 Å². The lowest BCUT2D eigenvalue weighted by molar-refractivity contribution is -0.134. The minimum absolute atomic E-state index is 0.0813. The van der Waals surface area contributed by atoms with Crippen molar-refractivity contribution in [1.82, 2.24) is 14.7 Å². The van der Waals surface area contributed by atoms with Crippen LogP contribution in [0.4, 0.5) is 0 Å². The molecule has 1 aromatic carbocycles. The third kappa shape index (κ3) is 3.96. The number of hydrogen-bond acceptors (Lipinski definition) is 3. The minimum atomic E-state index is -0.0813. The first kappa shape index (κ1) is 18.0. The smallest absolute Gasteiger partial charge is 0.225 e. The van der Waals surface area contributed by atoms with Gasteiger partial charge in [-0.15, -0.1) is 0 Å². The summed E-state index contributed by atoms with van der Waals surface area (Å²) in [6.45, 7) is 6.60. The molecule has 0 saturated carbocycles. The van der Waals surface area contributed by atoms with Gasteiger partial charge in [0.2, 0.25) is 5.91 Å². The molecular formula is C19H27N3O2. The molecule has 0 fully saturated rings. The lowest BCUT2D eigenvalue weighted by Gasteiger charge is -2.22. The van der Waals surface area contributed by atoms with Gasteiger partial charge in [-0.05, 0) is 43.5 Å². The second-order valence-corrected chi connectivity index (χ2v) is 6.42. The first-order valence-electron chi connectivity index (χ1n) is 8.20. The third-order valence-corrected chi connectivity index (χ3v) is 4.52.